The molecule has 5 nitrogen and oxygen atoms in total. The average Bonchev–Trinajstić information content (AvgIpc) is 2.28. The summed E-state index contributed by atoms with van der Waals surface area (Å²) in [6, 6.07) is 6.25. The molecule has 0 atom stereocenters. The van der Waals surface area contributed by atoms with Gasteiger partial charge in [0.25, 0.3) is 0 Å². The third kappa shape index (κ3) is 3.27. The van der Waals surface area contributed by atoms with Crippen molar-refractivity contribution in [2.45, 2.75) is 6.92 Å². The summed E-state index contributed by atoms with van der Waals surface area (Å²) in [6.07, 6.45) is 0. The molecular formula is C11H14N2O3. The highest BCUT2D eigenvalue weighted by atomic mass is 16.5. The van der Waals surface area contributed by atoms with Crippen LogP contribution in [0.15, 0.2) is 24.3 Å². The first-order chi connectivity index (χ1) is 7.67. The Morgan fingerprint density at radius 3 is 2.75 bits per heavy atom. The number of esters is 1. The summed E-state index contributed by atoms with van der Waals surface area (Å²) in [4.78, 5) is 22.5. The van der Waals surface area contributed by atoms with E-state index in [1.165, 1.54) is 7.11 Å². The van der Waals surface area contributed by atoms with Crippen molar-refractivity contribution in [3.63, 3.8) is 0 Å². The molecular weight excluding hydrogens is 208 g/mol. The van der Waals surface area contributed by atoms with Crippen molar-refractivity contribution in [3.05, 3.63) is 29.8 Å². The van der Waals surface area contributed by atoms with Crippen molar-refractivity contribution >= 4 is 17.7 Å². The smallest absolute Gasteiger partial charge is 0.337 e. The molecule has 1 rings (SSSR count). The highest BCUT2D eigenvalue weighted by Crippen LogP contribution is 2.11. The van der Waals surface area contributed by atoms with Gasteiger partial charge in [-0.15, -0.1) is 0 Å². The molecule has 0 bridgehead atoms. The Labute approximate surface area is 93.8 Å². The summed E-state index contributed by atoms with van der Waals surface area (Å²) in [6.45, 7) is 2.37. The summed E-state index contributed by atoms with van der Waals surface area (Å²) in [5, 5.41) is 5.19. The monoisotopic (exact) mass is 222 g/mol. The number of hydrogen-bond donors (Lipinski definition) is 2. The summed E-state index contributed by atoms with van der Waals surface area (Å²) in [5.74, 6) is -0.431. The highest BCUT2D eigenvalue weighted by Gasteiger charge is 2.06. The SMILES string of the molecule is CCNC(=O)Nc1cccc(C(=O)OC)c1. The molecule has 0 radical (unpaired) electrons. The Bertz CT molecular complexity index is 391. The first-order valence-electron chi connectivity index (χ1n) is 4.90. The van der Waals surface area contributed by atoms with Crippen molar-refractivity contribution < 1.29 is 14.3 Å². The van der Waals surface area contributed by atoms with Gasteiger partial charge in [-0.3, -0.25) is 0 Å². The molecule has 1 aromatic carbocycles. The first-order valence-corrected chi connectivity index (χ1v) is 4.90. The number of nitrogens with one attached hydrogen (secondary N) is 2. The minimum absolute atomic E-state index is 0.301. The van der Waals surface area contributed by atoms with Gasteiger partial charge >= 0.3 is 12.0 Å². The molecule has 0 spiro atoms. The average molecular weight is 222 g/mol. The van der Waals surface area contributed by atoms with Crippen molar-refractivity contribution in [1.82, 2.24) is 5.32 Å². The molecule has 86 valence electrons. The van der Waals surface area contributed by atoms with Crippen molar-refractivity contribution in [1.29, 1.82) is 0 Å². The van der Waals surface area contributed by atoms with E-state index < -0.39 is 5.97 Å². The number of carbonyl (C=O) groups is 2. The third-order valence-corrected chi connectivity index (χ3v) is 1.88. The number of amides is 2. The number of urea groups is 1. The third-order valence-electron chi connectivity index (χ3n) is 1.88. The Morgan fingerprint density at radius 1 is 1.38 bits per heavy atom. The van der Waals surface area contributed by atoms with Crippen molar-refractivity contribution in [2.75, 3.05) is 19.0 Å². The van der Waals surface area contributed by atoms with E-state index in [1.807, 2.05) is 6.92 Å². The minimum Gasteiger partial charge on any atom is -0.465 e. The first kappa shape index (κ1) is 12.0. The Hall–Kier alpha value is -2.04. The van der Waals surface area contributed by atoms with Gasteiger partial charge < -0.3 is 15.4 Å². The molecule has 0 aliphatic carbocycles. The second kappa shape index (κ2) is 5.75. The lowest BCUT2D eigenvalue weighted by molar-refractivity contribution is 0.0600. The van der Waals surface area contributed by atoms with Gasteiger partial charge in [0.15, 0.2) is 0 Å². The van der Waals surface area contributed by atoms with Gasteiger partial charge in [-0.1, -0.05) is 6.07 Å². The van der Waals surface area contributed by atoms with E-state index in [2.05, 4.69) is 15.4 Å². The van der Waals surface area contributed by atoms with Crippen LogP contribution >= 0.6 is 0 Å². The molecule has 0 aromatic heterocycles. The van der Waals surface area contributed by atoms with E-state index in [4.69, 9.17) is 0 Å². The molecule has 0 fully saturated rings. The standard InChI is InChI=1S/C11H14N2O3/c1-3-12-11(15)13-9-6-4-5-8(7-9)10(14)16-2/h4-7H,3H2,1-2H3,(H2,12,13,15). The fraction of sp³-hybridized carbons (Fsp3) is 0.273. The lowest BCUT2D eigenvalue weighted by atomic mass is 10.2. The fourth-order valence-electron chi connectivity index (χ4n) is 1.18. The van der Waals surface area contributed by atoms with E-state index in [1.54, 1.807) is 24.3 Å². The van der Waals surface area contributed by atoms with E-state index in [-0.39, 0.29) is 6.03 Å². The lowest BCUT2D eigenvalue weighted by Crippen LogP contribution is -2.28. The van der Waals surface area contributed by atoms with Crippen LogP contribution in [0.4, 0.5) is 10.5 Å². The molecule has 0 aliphatic rings. The van der Waals surface area contributed by atoms with E-state index >= 15 is 0 Å². The highest BCUT2D eigenvalue weighted by molar-refractivity contribution is 5.93. The number of carbonyl (C=O) groups excluding carboxylic acids is 2. The van der Waals surface area contributed by atoms with Crippen LogP contribution in [0.1, 0.15) is 17.3 Å². The Balaban J connectivity index is 2.74. The van der Waals surface area contributed by atoms with Crippen LogP contribution in [0.3, 0.4) is 0 Å². The van der Waals surface area contributed by atoms with Gasteiger partial charge in [-0.05, 0) is 25.1 Å². The molecule has 5 heteroatoms. The largest absolute Gasteiger partial charge is 0.465 e. The molecule has 2 N–H and O–H groups in total. The quantitative estimate of drug-likeness (QED) is 0.763. The normalized spacial score (nSPS) is 9.38. The van der Waals surface area contributed by atoms with Gasteiger partial charge in [0.2, 0.25) is 0 Å². The predicted molar refractivity (Wildman–Crippen MR) is 60.5 cm³/mol. The van der Waals surface area contributed by atoms with Gasteiger partial charge in [0.1, 0.15) is 0 Å². The van der Waals surface area contributed by atoms with Gasteiger partial charge in [0.05, 0.1) is 12.7 Å². The fourth-order valence-corrected chi connectivity index (χ4v) is 1.18. The second-order valence-corrected chi connectivity index (χ2v) is 3.06. The number of benzene rings is 1. The maximum atomic E-state index is 11.2. The van der Waals surface area contributed by atoms with Crippen LogP contribution in [-0.4, -0.2) is 25.7 Å². The van der Waals surface area contributed by atoms with E-state index in [9.17, 15) is 9.59 Å². The molecule has 0 heterocycles. The molecule has 1 aromatic rings. The maximum absolute atomic E-state index is 11.2. The number of hydrogen-bond acceptors (Lipinski definition) is 3. The summed E-state index contributed by atoms with van der Waals surface area (Å²) in [5.41, 5.74) is 0.950. The lowest BCUT2D eigenvalue weighted by Gasteiger charge is -2.06. The minimum atomic E-state index is -0.431. The van der Waals surface area contributed by atoms with Crippen LogP contribution in [0.5, 0.6) is 0 Å². The summed E-state index contributed by atoms with van der Waals surface area (Å²) < 4.78 is 4.58. The molecule has 0 saturated carbocycles. The summed E-state index contributed by atoms with van der Waals surface area (Å²) in [7, 11) is 1.31. The number of ether oxygens (including phenoxy) is 1. The molecule has 0 unspecified atom stereocenters. The van der Waals surface area contributed by atoms with Crippen LogP contribution in [-0.2, 0) is 4.74 Å². The molecule has 0 saturated heterocycles. The zero-order chi connectivity index (χ0) is 12.0. The van der Waals surface area contributed by atoms with E-state index in [0.717, 1.165) is 0 Å². The van der Waals surface area contributed by atoms with Crippen molar-refractivity contribution in [2.24, 2.45) is 0 Å². The van der Waals surface area contributed by atoms with Crippen LogP contribution < -0.4 is 10.6 Å². The maximum Gasteiger partial charge on any atom is 0.337 e. The van der Waals surface area contributed by atoms with Crippen LogP contribution in [0.2, 0.25) is 0 Å². The topological polar surface area (TPSA) is 67.4 Å². The molecule has 16 heavy (non-hydrogen) atoms. The van der Waals surface area contributed by atoms with Gasteiger partial charge in [-0.25, -0.2) is 9.59 Å². The second-order valence-electron chi connectivity index (χ2n) is 3.06. The van der Waals surface area contributed by atoms with Crippen LogP contribution in [0.25, 0.3) is 0 Å². The Kier molecular flexibility index (Phi) is 4.32. The number of rotatable bonds is 3. The van der Waals surface area contributed by atoms with Gasteiger partial charge in [-0.2, -0.15) is 0 Å². The zero-order valence-corrected chi connectivity index (χ0v) is 9.24. The van der Waals surface area contributed by atoms with E-state index in [0.29, 0.717) is 17.8 Å². The number of anilines is 1. The predicted octanol–water partition coefficient (Wildman–Crippen LogP) is 1.61. The molecule has 0 aliphatic heterocycles. The molecule has 2 amide bonds. The summed E-state index contributed by atoms with van der Waals surface area (Å²) >= 11 is 0. The zero-order valence-electron chi connectivity index (χ0n) is 9.24. The van der Waals surface area contributed by atoms with Gasteiger partial charge in [0, 0.05) is 12.2 Å². The Morgan fingerprint density at radius 2 is 2.12 bits per heavy atom. The van der Waals surface area contributed by atoms with Crippen molar-refractivity contribution in [3.8, 4) is 0 Å². The number of methoxy groups -OCH3 is 1. The van der Waals surface area contributed by atoms with Crippen LogP contribution in [0, 0.1) is 0 Å².